The zero-order valence-electron chi connectivity index (χ0n) is 14.3. The lowest BCUT2D eigenvalue weighted by Gasteiger charge is -2.24. The first-order valence-corrected chi connectivity index (χ1v) is 10.9. The van der Waals surface area contributed by atoms with Crippen LogP contribution in [0.15, 0.2) is 16.3 Å². The summed E-state index contributed by atoms with van der Waals surface area (Å²) in [7, 11) is -3.67. The first kappa shape index (κ1) is 19.7. The molecule has 1 aliphatic rings. The van der Waals surface area contributed by atoms with E-state index in [4.69, 9.17) is 11.6 Å². The Balaban J connectivity index is 2.05. The van der Waals surface area contributed by atoms with E-state index in [1.807, 2.05) is 6.92 Å². The second kappa shape index (κ2) is 8.17. The number of amides is 1. The van der Waals surface area contributed by atoms with Crippen LogP contribution in [0, 0.1) is 5.92 Å². The van der Waals surface area contributed by atoms with Gasteiger partial charge in [0, 0.05) is 12.6 Å². The third-order valence-electron chi connectivity index (χ3n) is 4.18. The minimum Gasteiger partial charge on any atom is -0.352 e. The van der Waals surface area contributed by atoms with Crippen LogP contribution in [0.25, 0.3) is 0 Å². The number of carbonyl (C=O) groups excluding carboxylic acids is 1. The molecular formula is C16H25ClN2O3S2. The molecule has 24 heavy (non-hydrogen) atoms. The Kier molecular flexibility index (Phi) is 6.70. The molecule has 0 aromatic carbocycles. The SMILES string of the molecule is CC(C)CC[C@@H](C)NC(=O)[C@H]1CCCN1S(=O)(=O)c1ccc(Cl)s1. The van der Waals surface area contributed by atoms with E-state index >= 15 is 0 Å². The van der Waals surface area contributed by atoms with E-state index in [-0.39, 0.29) is 16.2 Å². The number of rotatable bonds is 7. The van der Waals surface area contributed by atoms with Gasteiger partial charge in [0.25, 0.3) is 10.0 Å². The fraction of sp³-hybridized carbons (Fsp3) is 0.688. The van der Waals surface area contributed by atoms with Crippen LogP contribution in [0.3, 0.4) is 0 Å². The van der Waals surface area contributed by atoms with Crippen molar-refractivity contribution in [1.82, 2.24) is 9.62 Å². The Morgan fingerprint density at radius 2 is 2.08 bits per heavy atom. The summed E-state index contributed by atoms with van der Waals surface area (Å²) in [6, 6.07) is 2.48. The van der Waals surface area contributed by atoms with Gasteiger partial charge < -0.3 is 5.32 Å². The van der Waals surface area contributed by atoms with Crippen LogP contribution in [0.1, 0.15) is 46.5 Å². The van der Waals surface area contributed by atoms with Gasteiger partial charge in [-0.1, -0.05) is 25.4 Å². The first-order valence-electron chi connectivity index (χ1n) is 8.29. The summed E-state index contributed by atoms with van der Waals surface area (Å²) in [5, 5.41) is 2.97. The minimum absolute atomic E-state index is 0.0428. The molecule has 2 heterocycles. The number of hydrogen-bond donors (Lipinski definition) is 1. The Bertz CT molecular complexity index is 673. The van der Waals surface area contributed by atoms with E-state index in [1.165, 1.54) is 10.4 Å². The molecule has 0 unspecified atom stereocenters. The molecule has 1 aromatic rings. The summed E-state index contributed by atoms with van der Waals surface area (Å²) >= 11 is 6.88. The van der Waals surface area contributed by atoms with Gasteiger partial charge in [-0.2, -0.15) is 4.31 Å². The van der Waals surface area contributed by atoms with Gasteiger partial charge in [0.1, 0.15) is 10.3 Å². The number of carbonyl (C=O) groups is 1. The van der Waals surface area contributed by atoms with Gasteiger partial charge in [-0.3, -0.25) is 4.79 Å². The van der Waals surface area contributed by atoms with Crippen molar-refractivity contribution in [3.05, 3.63) is 16.5 Å². The van der Waals surface area contributed by atoms with Crippen molar-refractivity contribution in [1.29, 1.82) is 0 Å². The monoisotopic (exact) mass is 392 g/mol. The molecule has 136 valence electrons. The third-order valence-corrected chi connectivity index (χ3v) is 7.79. The molecule has 1 fully saturated rings. The Labute approximate surface area is 153 Å². The fourth-order valence-corrected chi connectivity index (χ4v) is 6.10. The fourth-order valence-electron chi connectivity index (χ4n) is 2.84. The zero-order valence-corrected chi connectivity index (χ0v) is 16.7. The first-order chi connectivity index (χ1) is 11.2. The molecule has 1 aliphatic heterocycles. The van der Waals surface area contributed by atoms with Crippen LogP contribution in [0.4, 0.5) is 0 Å². The lowest BCUT2D eigenvalue weighted by atomic mass is 10.0. The van der Waals surface area contributed by atoms with Crippen molar-refractivity contribution in [2.45, 2.75) is 62.7 Å². The lowest BCUT2D eigenvalue weighted by molar-refractivity contribution is -0.124. The molecule has 8 heteroatoms. The summed E-state index contributed by atoms with van der Waals surface area (Å²) in [6.45, 7) is 6.63. The van der Waals surface area contributed by atoms with Gasteiger partial charge in [-0.05, 0) is 50.7 Å². The predicted molar refractivity (Wildman–Crippen MR) is 97.9 cm³/mol. The van der Waals surface area contributed by atoms with Gasteiger partial charge >= 0.3 is 0 Å². The van der Waals surface area contributed by atoms with Crippen molar-refractivity contribution in [3.63, 3.8) is 0 Å². The molecule has 0 spiro atoms. The van der Waals surface area contributed by atoms with Gasteiger partial charge in [0.15, 0.2) is 0 Å². The molecule has 2 rings (SSSR count). The second-order valence-electron chi connectivity index (χ2n) is 6.71. The van der Waals surface area contributed by atoms with Crippen molar-refractivity contribution >= 4 is 38.9 Å². The summed E-state index contributed by atoms with van der Waals surface area (Å²) in [6.07, 6.45) is 3.17. The van der Waals surface area contributed by atoms with E-state index in [0.29, 0.717) is 29.6 Å². The van der Waals surface area contributed by atoms with E-state index in [9.17, 15) is 13.2 Å². The Morgan fingerprint density at radius 3 is 2.67 bits per heavy atom. The van der Waals surface area contributed by atoms with Gasteiger partial charge in [0.2, 0.25) is 5.91 Å². The molecular weight excluding hydrogens is 368 g/mol. The van der Waals surface area contributed by atoms with Crippen LogP contribution >= 0.6 is 22.9 Å². The number of nitrogens with zero attached hydrogens (tertiary/aromatic N) is 1. The predicted octanol–water partition coefficient (Wildman–Crippen LogP) is 3.50. The normalized spacial score (nSPS) is 20.5. The number of sulfonamides is 1. The van der Waals surface area contributed by atoms with Gasteiger partial charge in [-0.15, -0.1) is 11.3 Å². The van der Waals surface area contributed by atoms with Crippen LogP contribution < -0.4 is 5.32 Å². The van der Waals surface area contributed by atoms with Crippen LogP contribution in [-0.4, -0.2) is 37.3 Å². The van der Waals surface area contributed by atoms with Crippen LogP contribution in [-0.2, 0) is 14.8 Å². The minimum atomic E-state index is -3.67. The van der Waals surface area contributed by atoms with Crippen molar-refractivity contribution < 1.29 is 13.2 Å². The molecule has 1 amide bonds. The largest absolute Gasteiger partial charge is 0.352 e. The summed E-state index contributed by atoms with van der Waals surface area (Å²) in [5.74, 6) is 0.381. The van der Waals surface area contributed by atoms with E-state index in [2.05, 4.69) is 19.2 Å². The molecule has 0 radical (unpaired) electrons. The summed E-state index contributed by atoms with van der Waals surface area (Å²) in [4.78, 5) is 12.6. The van der Waals surface area contributed by atoms with E-state index < -0.39 is 16.1 Å². The highest BCUT2D eigenvalue weighted by Crippen LogP contribution is 2.32. The number of thiophene rings is 1. The zero-order chi connectivity index (χ0) is 17.9. The van der Waals surface area contributed by atoms with Crippen molar-refractivity contribution in [3.8, 4) is 0 Å². The van der Waals surface area contributed by atoms with Crippen LogP contribution in [0.5, 0.6) is 0 Å². The standard InChI is InChI=1S/C16H25ClN2O3S2/c1-11(2)6-7-12(3)18-16(20)13-5-4-10-19(13)24(21,22)15-9-8-14(17)23-15/h8-9,11-13H,4-7,10H2,1-3H3,(H,18,20)/t12-,13-/m1/s1. The Morgan fingerprint density at radius 1 is 1.38 bits per heavy atom. The van der Waals surface area contributed by atoms with E-state index in [0.717, 1.165) is 24.2 Å². The molecule has 1 N–H and O–H groups in total. The molecule has 0 bridgehead atoms. The third kappa shape index (κ3) is 4.71. The number of halogens is 1. The number of nitrogens with one attached hydrogen (secondary N) is 1. The van der Waals surface area contributed by atoms with Gasteiger partial charge in [0.05, 0.1) is 4.34 Å². The molecule has 1 saturated heterocycles. The van der Waals surface area contributed by atoms with Crippen molar-refractivity contribution in [2.24, 2.45) is 5.92 Å². The van der Waals surface area contributed by atoms with Crippen LogP contribution in [0.2, 0.25) is 4.34 Å². The van der Waals surface area contributed by atoms with Gasteiger partial charge in [-0.25, -0.2) is 8.42 Å². The molecule has 2 atom stereocenters. The second-order valence-corrected chi connectivity index (χ2v) is 10.5. The lowest BCUT2D eigenvalue weighted by Crippen LogP contribution is -2.48. The molecule has 1 aromatic heterocycles. The van der Waals surface area contributed by atoms with Crippen molar-refractivity contribution in [2.75, 3.05) is 6.54 Å². The maximum absolute atomic E-state index is 12.8. The molecule has 0 saturated carbocycles. The highest BCUT2D eigenvalue weighted by atomic mass is 35.5. The maximum atomic E-state index is 12.8. The number of hydrogen-bond acceptors (Lipinski definition) is 4. The average molecular weight is 393 g/mol. The molecule has 5 nitrogen and oxygen atoms in total. The molecule has 0 aliphatic carbocycles. The highest BCUT2D eigenvalue weighted by molar-refractivity contribution is 7.91. The topological polar surface area (TPSA) is 66.5 Å². The summed E-state index contributed by atoms with van der Waals surface area (Å²) in [5.41, 5.74) is 0. The van der Waals surface area contributed by atoms with E-state index in [1.54, 1.807) is 6.07 Å². The Hall–Kier alpha value is -0.630. The highest BCUT2D eigenvalue weighted by Gasteiger charge is 2.40. The smallest absolute Gasteiger partial charge is 0.253 e. The summed E-state index contributed by atoms with van der Waals surface area (Å²) < 4.78 is 27.5. The maximum Gasteiger partial charge on any atom is 0.253 e. The quantitative estimate of drug-likeness (QED) is 0.772. The average Bonchev–Trinajstić information content (AvgIpc) is 3.14.